The van der Waals surface area contributed by atoms with Gasteiger partial charge in [0, 0.05) is 18.7 Å². The molecular formula is C29H33FN6O. The fourth-order valence-electron chi connectivity index (χ4n) is 4.46. The fraction of sp³-hybridized carbons (Fsp3) is 0.310. The number of carbonyl (C=O) groups is 1. The van der Waals surface area contributed by atoms with E-state index in [0.717, 1.165) is 35.5 Å². The van der Waals surface area contributed by atoms with E-state index in [1.165, 1.54) is 12.1 Å². The fourth-order valence-corrected chi connectivity index (χ4v) is 4.46. The lowest BCUT2D eigenvalue weighted by Crippen LogP contribution is -2.32. The molecule has 0 unspecified atom stereocenters. The molecule has 3 aromatic carbocycles. The van der Waals surface area contributed by atoms with Gasteiger partial charge in [-0.05, 0) is 58.0 Å². The molecule has 0 radical (unpaired) electrons. The molecule has 1 aromatic heterocycles. The van der Waals surface area contributed by atoms with Gasteiger partial charge >= 0.3 is 0 Å². The Morgan fingerprint density at radius 2 is 1.68 bits per heavy atom. The number of halogens is 1. The van der Waals surface area contributed by atoms with Gasteiger partial charge in [-0.15, -0.1) is 10.2 Å². The highest BCUT2D eigenvalue weighted by molar-refractivity contribution is 5.97. The highest BCUT2D eigenvalue weighted by atomic mass is 19.1. The number of aromatic amines is 1. The molecule has 1 heterocycles. The molecule has 0 atom stereocenters. The van der Waals surface area contributed by atoms with Crippen LogP contribution in [0.2, 0.25) is 0 Å². The van der Waals surface area contributed by atoms with Crippen molar-refractivity contribution < 1.29 is 9.18 Å². The van der Waals surface area contributed by atoms with Crippen LogP contribution in [0.4, 0.5) is 15.8 Å². The van der Waals surface area contributed by atoms with E-state index in [2.05, 4.69) is 70.7 Å². The molecule has 2 N–H and O–H groups in total. The number of nitrogens with zero attached hydrogens (tertiary/aromatic N) is 4. The Balaban J connectivity index is 1.75. The third-order valence-corrected chi connectivity index (χ3v) is 5.86. The second-order valence-corrected chi connectivity index (χ2v) is 10.1. The maximum absolute atomic E-state index is 13.7. The van der Waals surface area contributed by atoms with Gasteiger partial charge in [0.2, 0.25) is 11.7 Å². The Labute approximate surface area is 217 Å². The Hall–Kier alpha value is -4.07. The number of carbonyl (C=O) groups excluding carboxylic acids is 1. The van der Waals surface area contributed by atoms with Crippen LogP contribution in [0.5, 0.6) is 0 Å². The zero-order chi connectivity index (χ0) is 26.4. The quantitative estimate of drug-likeness (QED) is 0.280. The van der Waals surface area contributed by atoms with Crippen molar-refractivity contribution in [2.75, 3.05) is 23.3 Å². The minimum absolute atomic E-state index is 0.0786. The highest BCUT2D eigenvalue weighted by Crippen LogP contribution is 2.36. The van der Waals surface area contributed by atoms with Gasteiger partial charge in [-0.25, -0.2) is 4.39 Å². The number of benzene rings is 3. The number of rotatable bonds is 10. The number of amides is 1. The third kappa shape index (κ3) is 6.78. The van der Waals surface area contributed by atoms with Gasteiger partial charge in [0.1, 0.15) is 5.82 Å². The number of hydrogen-bond donors (Lipinski definition) is 2. The lowest BCUT2D eigenvalue weighted by Gasteiger charge is -2.31. The molecule has 1 amide bonds. The maximum Gasteiger partial charge on any atom is 0.228 e. The first-order chi connectivity index (χ1) is 17.8. The van der Waals surface area contributed by atoms with Gasteiger partial charge in [0.05, 0.1) is 17.8 Å². The van der Waals surface area contributed by atoms with Crippen molar-refractivity contribution in [1.82, 2.24) is 20.6 Å². The van der Waals surface area contributed by atoms with Crippen LogP contribution in [0.3, 0.4) is 0 Å². The first kappa shape index (κ1) is 26.0. The van der Waals surface area contributed by atoms with Crippen LogP contribution in [0, 0.1) is 17.7 Å². The van der Waals surface area contributed by atoms with Gasteiger partial charge in [-0.3, -0.25) is 4.79 Å². The van der Waals surface area contributed by atoms with E-state index in [1.54, 1.807) is 12.1 Å². The van der Waals surface area contributed by atoms with Gasteiger partial charge < -0.3 is 10.2 Å². The molecule has 0 saturated heterocycles. The smallest absolute Gasteiger partial charge is 0.228 e. The van der Waals surface area contributed by atoms with Crippen molar-refractivity contribution in [3.8, 4) is 22.5 Å². The monoisotopic (exact) mass is 500 g/mol. The molecule has 7 nitrogen and oxygen atoms in total. The number of nitrogens with one attached hydrogen (secondary N) is 2. The molecule has 0 bridgehead atoms. The average molecular weight is 501 g/mol. The topological polar surface area (TPSA) is 86.8 Å². The normalized spacial score (nSPS) is 11.2. The van der Waals surface area contributed by atoms with Gasteiger partial charge in [-0.2, -0.15) is 5.21 Å². The maximum atomic E-state index is 13.7. The van der Waals surface area contributed by atoms with E-state index in [-0.39, 0.29) is 18.1 Å². The molecule has 192 valence electrons. The standard InChI is InChI=1S/C29H33FN6O/c1-19(2)17-36(18-20(3)4)27-13-12-22(24-10-5-6-11-25(24)29-32-34-35-33-29)16-26(27)31-28(37)15-21-8-7-9-23(30)14-21/h5-14,16,19-20H,15,17-18H2,1-4H3,(H,31,37)(H,32,33,34,35). The van der Waals surface area contributed by atoms with Crippen LogP contribution in [0.1, 0.15) is 33.3 Å². The molecule has 0 aliphatic carbocycles. The van der Waals surface area contributed by atoms with E-state index < -0.39 is 0 Å². The SMILES string of the molecule is CC(C)CN(CC(C)C)c1ccc(-c2ccccc2-c2nn[nH]n2)cc1NC(=O)Cc1cccc(F)c1. The summed E-state index contributed by atoms with van der Waals surface area (Å²) in [5.74, 6) is 0.815. The lowest BCUT2D eigenvalue weighted by atomic mass is 9.97. The van der Waals surface area contributed by atoms with Crippen molar-refractivity contribution in [1.29, 1.82) is 0 Å². The van der Waals surface area contributed by atoms with Crippen LogP contribution in [0.25, 0.3) is 22.5 Å². The molecule has 0 fully saturated rings. The van der Waals surface area contributed by atoms with Crippen LogP contribution < -0.4 is 10.2 Å². The second kappa shape index (κ2) is 11.8. The van der Waals surface area contributed by atoms with Gasteiger partial charge in [0.25, 0.3) is 0 Å². The Kier molecular flexibility index (Phi) is 8.28. The second-order valence-electron chi connectivity index (χ2n) is 10.1. The Morgan fingerprint density at radius 1 is 0.946 bits per heavy atom. The van der Waals surface area contributed by atoms with E-state index in [0.29, 0.717) is 28.9 Å². The molecule has 4 aromatic rings. The highest BCUT2D eigenvalue weighted by Gasteiger charge is 2.19. The van der Waals surface area contributed by atoms with Gasteiger partial charge in [0.15, 0.2) is 0 Å². The Morgan fingerprint density at radius 3 is 2.32 bits per heavy atom. The summed E-state index contributed by atoms with van der Waals surface area (Å²) in [6.45, 7) is 10.4. The molecule has 0 aliphatic rings. The largest absolute Gasteiger partial charge is 0.369 e. The molecule has 0 aliphatic heterocycles. The van der Waals surface area contributed by atoms with Crippen molar-refractivity contribution in [2.45, 2.75) is 34.1 Å². The predicted octanol–water partition coefficient (Wildman–Crippen LogP) is 5.97. The van der Waals surface area contributed by atoms with E-state index in [4.69, 9.17) is 0 Å². The summed E-state index contributed by atoms with van der Waals surface area (Å²) in [5, 5.41) is 17.6. The van der Waals surface area contributed by atoms with Crippen LogP contribution in [0.15, 0.2) is 66.7 Å². The number of tetrazole rings is 1. The van der Waals surface area contributed by atoms with Gasteiger partial charge in [-0.1, -0.05) is 70.2 Å². The number of aromatic nitrogens is 4. The van der Waals surface area contributed by atoms with Crippen LogP contribution >= 0.6 is 0 Å². The van der Waals surface area contributed by atoms with Crippen molar-refractivity contribution >= 4 is 17.3 Å². The Bertz CT molecular complexity index is 1330. The minimum Gasteiger partial charge on any atom is -0.369 e. The molecule has 37 heavy (non-hydrogen) atoms. The first-order valence-corrected chi connectivity index (χ1v) is 12.6. The third-order valence-electron chi connectivity index (χ3n) is 5.86. The first-order valence-electron chi connectivity index (χ1n) is 12.6. The summed E-state index contributed by atoms with van der Waals surface area (Å²) >= 11 is 0. The molecule has 0 saturated carbocycles. The number of H-pyrrole nitrogens is 1. The summed E-state index contributed by atoms with van der Waals surface area (Å²) in [6.07, 6.45) is 0.0786. The van der Waals surface area contributed by atoms with Crippen molar-refractivity contribution in [2.24, 2.45) is 11.8 Å². The number of hydrogen-bond acceptors (Lipinski definition) is 5. The zero-order valence-electron chi connectivity index (χ0n) is 21.7. The molecule has 8 heteroatoms. The van der Waals surface area contributed by atoms with E-state index >= 15 is 0 Å². The lowest BCUT2D eigenvalue weighted by molar-refractivity contribution is -0.115. The minimum atomic E-state index is -0.355. The predicted molar refractivity (Wildman–Crippen MR) is 146 cm³/mol. The summed E-state index contributed by atoms with van der Waals surface area (Å²) in [4.78, 5) is 15.5. The summed E-state index contributed by atoms with van der Waals surface area (Å²) in [6, 6.07) is 20.1. The van der Waals surface area contributed by atoms with Crippen LogP contribution in [-0.2, 0) is 11.2 Å². The molecule has 4 rings (SSSR count). The molecule has 0 spiro atoms. The van der Waals surface area contributed by atoms with Crippen molar-refractivity contribution in [3.63, 3.8) is 0 Å². The number of anilines is 2. The molecular weight excluding hydrogens is 467 g/mol. The average Bonchev–Trinajstić information content (AvgIpc) is 3.38. The zero-order valence-corrected chi connectivity index (χ0v) is 21.7. The summed E-state index contributed by atoms with van der Waals surface area (Å²) in [5.41, 5.74) is 4.97. The van der Waals surface area contributed by atoms with E-state index in [1.807, 2.05) is 30.3 Å². The van der Waals surface area contributed by atoms with Crippen LogP contribution in [-0.4, -0.2) is 39.6 Å². The van der Waals surface area contributed by atoms with E-state index in [9.17, 15) is 9.18 Å². The summed E-state index contributed by atoms with van der Waals surface area (Å²) in [7, 11) is 0. The van der Waals surface area contributed by atoms with Crippen molar-refractivity contribution in [3.05, 3.63) is 78.1 Å². The summed E-state index contributed by atoms with van der Waals surface area (Å²) < 4.78 is 13.7.